The molecule has 0 fully saturated rings. The molecule has 0 saturated carbocycles. The van der Waals surface area contributed by atoms with E-state index in [1.165, 1.54) is 16.8 Å². The van der Waals surface area contributed by atoms with Gasteiger partial charge in [-0.1, -0.05) is 48.5 Å². The molecule has 0 bridgehead atoms. The van der Waals surface area contributed by atoms with Crippen molar-refractivity contribution >= 4 is 17.1 Å². The standard InChI is InChI=1S/C10H7.C4H5O/c1-2-6-10-8-4-3-7-9(10)5-1;1-2-3-4-5/h1-7H;2-3H,1H3. The third-order valence-corrected chi connectivity index (χ3v) is 1.81. The Hall–Kier alpha value is -1.89. The molecule has 0 unspecified atom stereocenters. The van der Waals surface area contributed by atoms with Gasteiger partial charge in [-0.25, -0.2) is 0 Å². The Labute approximate surface area is 90.1 Å². The lowest BCUT2D eigenvalue weighted by Gasteiger charge is -1.91. The van der Waals surface area contributed by atoms with E-state index >= 15 is 0 Å². The number of hydrogen-bond acceptors (Lipinski definition) is 1. The van der Waals surface area contributed by atoms with Gasteiger partial charge in [0, 0.05) is 0 Å². The Morgan fingerprint density at radius 3 is 2.53 bits per heavy atom. The van der Waals surface area contributed by atoms with Crippen LogP contribution in [-0.4, -0.2) is 6.29 Å². The Morgan fingerprint density at radius 2 is 1.93 bits per heavy atom. The zero-order chi connectivity index (χ0) is 10.9. The first-order valence-corrected chi connectivity index (χ1v) is 4.72. The van der Waals surface area contributed by atoms with Crippen molar-refractivity contribution in [3.05, 3.63) is 60.7 Å². The van der Waals surface area contributed by atoms with Gasteiger partial charge in [0.25, 0.3) is 0 Å². The van der Waals surface area contributed by atoms with Crippen LogP contribution in [-0.2, 0) is 4.79 Å². The maximum Gasteiger partial charge on any atom is 0.225 e. The molecule has 2 aromatic rings. The van der Waals surface area contributed by atoms with E-state index in [1.807, 2.05) is 24.3 Å². The number of carbonyl (C=O) groups excluding carboxylic acids is 1. The predicted octanol–water partition coefficient (Wildman–Crippen LogP) is 3.31. The highest BCUT2D eigenvalue weighted by Gasteiger charge is 1.85. The van der Waals surface area contributed by atoms with Gasteiger partial charge in [-0.15, -0.1) is 0 Å². The molecular formula is C14H12O. The zero-order valence-electron chi connectivity index (χ0n) is 8.60. The SMILES string of the molecule is CC=C[C]=O.[c]1cccc2ccccc12. The van der Waals surface area contributed by atoms with E-state index in [0.717, 1.165) is 0 Å². The summed E-state index contributed by atoms with van der Waals surface area (Å²) in [5.74, 6) is 0. The number of hydrogen-bond donors (Lipinski definition) is 0. The molecule has 0 aromatic heterocycles. The minimum Gasteiger partial charge on any atom is -0.286 e. The topological polar surface area (TPSA) is 17.1 Å². The van der Waals surface area contributed by atoms with E-state index in [-0.39, 0.29) is 0 Å². The maximum atomic E-state index is 9.19. The first-order valence-electron chi connectivity index (χ1n) is 4.72. The molecule has 1 heteroatoms. The van der Waals surface area contributed by atoms with Gasteiger partial charge in [0.1, 0.15) is 0 Å². The van der Waals surface area contributed by atoms with Crippen LogP contribution >= 0.6 is 0 Å². The molecule has 1 nitrogen and oxygen atoms in total. The van der Waals surface area contributed by atoms with Crippen LogP contribution in [0.5, 0.6) is 0 Å². The molecule has 0 spiro atoms. The van der Waals surface area contributed by atoms with Crippen molar-refractivity contribution in [1.82, 2.24) is 0 Å². The highest BCUT2D eigenvalue weighted by Crippen LogP contribution is 2.10. The summed E-state index contributed by atoms with van der Waals surface area (Å²) in [4.78, 5) is 9.19. The van der Waals surface area contributed by atoms with Crippen LogP contribution in [0.15, 0.2) is 54.6 Å². The Kier molecular flexibility index (Phi) is 4.88. The van der Waals surface area contributed by atoms with E-state index < -0.39 is 0 Å². The summed E-state index contributed by atoms with van der Waals surface area (Å²) >= 11 is 0. The van der Waals surface area contributed by atoms with Crippen molar-refractivity contribution in [2.75, 3.05) is 0 Å². The largest absolute Gasteiger partial charge is 0.286 e. The first kappa shape index (κ1) is 11.2. The van der Waals surface area contributed by atoms with Crippen molar-refractivity contribution in [2.24, 2.45) is 0 Å². The molecule has 2 radical (unpaired) electrons. The fourth-order valence-corrected chi connectivity index (χ4v) is 1.13. The molecule has 0 aliphatic heterocycles. The summed E-state index contributed by atoms with van der Waals surface area (Å²) in [6, 6.07) is 17.4. The van der Waals surface area contributed by atoms with Gasteiger partial charge < -0.3 is 0 Å². The lowest BCUT2D eigenvalue weighted by atomic mass is 10.1. The average Bonchev–Trinajstić information content (AvgIpc) is 2.31. The second-order valence-corrected chi connectivity index (χ2v) is 2.88. The van der Waals surface area contributed by atoms with Gasteiger partial charge in [0.2, 0.25) is 6.29 Å². The van der Waals surface area contributed by atoms with Crippen LogP contribution in [0.1, 0.15) is 6.92 Å². The van der Waals surface area contributed by atoms with E-state index in [1.54, 1.807) is 19.3 Å². The Balaban J connectivity index is 0.000000195. The normalized spacial score (nSPS) is 9.67. The second-order valence-electron chi connectivity index (χ2n) is 2.88. The molecule has 0 atom stereocenters. The van der Waals surface area contributed by atoms with Crippen LogP contribution in [0, 0.1) is 6.07 Å². The van der Waals surface area contributed by atoms with Gasteiger partial charge in [-0.05, 0) is 29.8 Å². The van der Waals surface area contributed by atoms with Crippen LogP contribution < -0.4 is 0 Å². The molecule has 2 rings (SSSR count). The lowest BCUT2D eigenvalue weighted by Crippen LogP contribution is -1.67. The molecule has 15 heavy (non-hydrogen) atoms. The van der Waals surface area contributed by atoms with Gasteiger partial charge in [-0.3, -0.25) is 4.79 Å². The smallest absolute Gasteiger partial charge is 0.225 e. The lowest BCUT2D eigenvalue weighted by molar-refractivity contribution is 0.564. The maximum absolute atomic E-state index is 9.19. The number of fused-ring (bicyclic) bond motifs is 1. The fraction of sp³-hybridized carbons (Fsp3) is 0.0714. The fourth-order valence-electron chi connectivity index (χ4n) is 1.13. The summed E-state index contributed by atoms with van der Waals surface area (Å²) in [5, 5.41) is 2.44. The Morgan fingerprint density at radius 1 is 1.20 bits per heavy atom. The molecular weight excluding hydrogens is 184 g/mol. The third kappa shape index (κ3) is 3.77. The summed E-state index contributed by atoms with van der Waals surface area (Å²) in [6.45, 7) is 1.77. The first-order chi connectivity index (χ1) is 7.38. The molecule has 74 valence electrons. The highest BCUT2D eigenvalue weighted by molar-refractivity contribution is 5.81. The van der Waals surface area contributed by atoms with E-state index in [9.17, 15) is 4.79 Å². The minimum absolute atomic E-state index is 1.19. The minimum atomic E-state index is 1.19. The van der Waals surface area contributed by atoms with Crippen molar-refractivity contribution in [3.8, 4) is 0 Å². The molecule has 0 heterocycles. The summed E-state index contributed by atoms with van der Waals surface area (Å²) in [7, 11) is 0. The van der Waals surface area contributed by atoms with Crippen LogP contribution in [0.2, 0.25) is 0 Å². The molecule has 0 amide bonds. The molecule has 0 N–H and O–H groups in total. The quantitative estimate of drug-likeness (QED) is 0.639. The monoisotopic (exact) mass is 196 g/mol. The van der Waals surface area contributed by atoms with E-state index in [4.69, 9.17) is 0 Å². The van der Waals surface area contributed by atoms with Gasteiger partial charge >= 0.3 is 0 Å². The average molecular weight is 196 g/mol. The zero-order valence-corrected chi connectivity index (χ0v) is 8.60. The van der Waals surface area contributed by atoms with E-state index in [0.29, 0.717) is 0 Å². The van der Waals surface area contributed by atoms with E-state index in [2.05, 4.69) is 24.3 Å². The highest BCUT2D eigenvalue weighted by atomic mass is 16.1. The second kappa shape index (κ2) is 6.55. The van der Waals surface area contributed by atoms with Crippen LogP contribution in [0.4, 0.5) is 0 Å². The van der Waals surface area contributed by atoms with Crippen LogP contribution in [0.3, 0.4) is 0 Å². The molecule has 0 saturated heterocycles. The summed E-state index contributed by atoms with van der Waals surface area (Å²) in [5.41, 5.74) is 0. The van der Waals surface area contributed by atoms with Gasteiger partial charge in [0.15, 0.2) is 0 Å². The molecule has 0 aliphatic rings. The van der Waals surface area contributed by atoms with Crippen molar-refractivity contribution in [1.29, 1.82) is 0 Å². The summed E-state index contributed by atoms with van der Waals surface area (Å²) < 4.78 is 0. The van der Waals surface area contributed by atoms with Crippen LogP contribution in [0.25, 0.3) is 10.8 Å². The number of allylic oxidation sites excluding steroid dienone is 2. The summed E-state index contributed by atoms with van der Waals surface area (Å²) in [6.07, 6.45) is 4.54. The van der Waals surface area contributed by atoms with Gasteiger partial charge in [0.05, 0.1) is 0 Å². The van der Waals surface area contributed by atoms with Crippen molar-refractivity contribution in [2.45, 2.75) is 6.92 Å². The number of rotatable bonds is 1. The van der Waals surface area contributed by atoms with Gasteiger partial charge in [-0.2, -0.15) is 0 Å². The Bertz CT molecular complexity index is 378. The van der Waals surface area contributed by atoms with Crippen molar-refractivity contribution < 1.29 is 4.79 Å². The predicted molar refractivity (Wildman–Crippen MR) is 63.3 cm³/mol. The third-order valence-electron chi connectivity index (χ3n) is 1.81. The molecule has 0 aliphatic carbocycles. The van der Waals surface area contributed by atoms with Crippen molar-refractivity contribution in [3.63, 3.8) is 0 Å². The molecule has 2 aromatic carbocycles. The number of benzene rings is 2.